The summed E-state index contributed by atoms with van der Waals surface area (Å²) in [4.78, 5) is 0. The minimum absolute atomic E-state index is 0.103. The van der Waals surface area contributed by atoms with Crippen LogP contribution in [0.4, 0.5) is 0 Å². The summed E-state index contributed by atoms with van der Waals surface area (Å²) in [6.07, 6.45) is 1.04. The maximum atomic E-state index is 14.5. The van der Waals surface area contributed by atoms with E-state index < -0.39 is 7.37 Å². The number of para-hydroxylation sites is 1. The van der Waals surface area contributed by atoms with E-state index in [0.29, 0.717) is 29.3 Å². The molecule has 1 unspecified atom stereocenters. The zero-order chi connectivity index (χ0) is 28.4. The molecule has 5 nitrogen and oxygen atoms in total. The van der Waals surface area contributed by atoms with Gasteiger partial charge in [0.1, 0.15) is 35.4 Å². The molecule has 6 heteroatoms. The Hall–Kier alpha value is -4.47. The molecule has 206 valence electrons. The normalized spacial score (nSPS) is 15.5. The fourth-order valence-corrected chi connectivity index (χ4v) is 7.40. The second-order valence-electron chi connectivity index (χ2n) is 10.6. The van der Waals surface area contributed by atoms with Gasteiger partial charge in [0, 0.05) is 5.56 Å². The molecular weight excluding hydrogens is 531 g/mol. The van der Waals surface area contributed by atoms with Crippen molar-refractivity contribution >= 4 is 18.0 Å². The number of phenolic OH excluding ortho intramolecular Hbond substituents is 1. The summed E-state index contributed by atoms with van der Waals surface area (Å²) in [6.45, 7) is 4.71. The number of phenols is 1. The van der Waals surface area contributed by atoms with Crippen LogP contribution in [0.15, 0.2) is 115 Å². The van der Waals surface area contributed by atoms with Crippen LogP contribution in [0, 0.1) is 5.92 Å². The number of hydrogen-bond acceptors (Lipinski definition) is 5. The minimum Gasteiger partial charge on any atom is -0.507 e. The lowest BCUT2D eigenvalue weighted by atomic mass is 10.0. The Kier molecular flexibility index (Phi) is 7.30. The topological polar surface area (TPSA) is 65.0 Å². The van der Waals surface area contributed by atoms with Crippen LogP contribution in [0.25, 0.3) is 11.1 Å². The van der Waals surface area contributed by atoms with Crippen LogP contribution < -0.4 is 24.6 Å². The molecule has 0 bridgehead atoms. The predicted molar refractivity (Wildman–Crippen MR) is 163 cm³/mol. The van der Waals surface area contributed by atoms with E-state index in [2.05, 4.69) is 26.0 Å². The molecule has 1 aliphatic heterocycles. The van der Waals surface area contributed by atoms with Crippen molar-refractivity contribution < 1.29 is 23.7 Å². The van der Waals surface area contributed by atoms with Gasteiger partial charge in [-0.3, -0.25) is 4.57 Å². The molecule has 0 radical (unpaired) electrons. The number of aromatic hydroxyl groups is 1. The molecule has 0 fully saturated rings. The third-order valence-corrected chi connectivity index (χ3v) is 9.49. The minimum atomic E-state index is -3.65. The van der Waals surface area contributed by atoms with Crippen LogP contribution in [0.3, 0.4) is 0 Å². The van der Waals surface area contributed by atoms with Crippen LogP contribution in [0.1, 0.15) is 25.0 Å². The van der Waals surface area contributed by atoms with Gasteiger partial charge in [0.2, 0.25) is 0 Å². The first-order chi connectivity index (χ1) is 19.9. The van der Waals surface area contributed by atoms with E-state index in [1.54, 1.807) is 24.3 Å². The summed E-state index contributed by atoms with van der Waals surface area (Å²) >= 11 is 0. The highest BCUT2D eigenvalue weighted by Crippen LogP contribution is 2.55. The number of rotatable bonds is 8. The lowest BCUT2D eigenvalue weighted by Crippen LogP contribution is -2.25. The van der Waals surface area contributed by atoms with Crippen LogP contribution in [0.5, 0.6) is 28.7 Å². The lowest BCUT2D eigenvalue weighted by molar-refractivity contribution is 0.306. The molecular formula is C35H31O5P. The fourth-order valence-electron chi connectivity index (χ4n) is 5.04. The Morgan fingerprint density at radius 2 is 1.32 bits per heavy atom. The van der Waals surface area contributed by atoms with E-state index in [-0.39, 0.29) is 11.1 Å². The van der Waals surface area contributed by atoms with Crippen molar-refractivity contribution in [3.63, 3.8) is 0 Å². The maximum Gasteiger partial charge on any atom is 0.311 e. The molecule has 1 aliphatic rings. The largest absolute Gasteiger partial charge is 0.507 e. The van der Waals surface area contributed by atoms with Crippen molar-refractivity contribution in [1.82, 2.24) is 0 Å². The Bertz CT molecular complexity index is 1730. The molecule has 0 saturated heterocycles. The highest BCUT2D eigenvalue weighted by Gasteiger charge is 2.39. The Balaban J connectivity index is 1.17. The van der Waals surface area contributed by atoms with Crippen molar-refractivity contribution in [2.24, 2.45) is 5.92 Å². The number of ether oxygens (including phenoxy) is 2. The van der Waals surface area contributed by atoms with Crippen LogP contribution in [-0.4, -0.2) is 5.11 Å². The number of fused-ring (bicyclic) bond motifs is 3. The fraction of sp³-hybridized carbons (Fsp3) is 0.143. The van der Waals surface area contributed by atoms with E-state index >= 15 is 0 Å². The third kappa shape index (κ3) is 5.59. The van der Waals surface area contributed by atoms with E-state index in [0.717, 1.165) is 34.6 Å². The molecule has 1 heterocycles. The van der Waals surface area contributed by atoms with E-state index in [1.807, 2.05) is 72.8 Å². The summed E-state index contributed by atoms with van der Waals surface area (Å²) in [5, 5.41) is 11.6. The summed E-state index contributed by atoms with van der Waals surface area (Å²) in [6, 6.07) is 35.6. The van der Waals surface area contributed by atoms with Gasteiger partial charge in [-0.25, -0.2) is 0 Å². The molecule has 0 saturated carbocycles. The molecule has 1 atom stereocenters. The van der Waals surface area contributed by atoms with Crippen LogP contribution in [-0.2, 0) is 17.6 Å². The zero-order valence-corrected chi connectivity index (χ0v) is 23.9. The van der Waals surface area contributed by atoms with Gasteiger partial charge in [0.05, 0.1) is 10.6 Å². The number of benzene rings is 5. The molecule has 1 N–H and O–H groups in total. The first-order valence-corrected chi connectivity index (χ1v) is 15.3. The number of hydrogen-bond donors (Lipinski definition) is 1. The second kappa shape index (κ2) is 11.2. The highest BCUT2D eigenvalue weighted by molar-refractivity contribution is 7.75. The smallest absolute Gasteiger partial charge is 0.311 e. The quantitative estimate of drug-likeness (QED) is 0.193. The van der Waals surface area contributed by atoms with Crippen molar-refractivity contribution in [3.05, 3.63) is 126 Å². The van der Waals surface area contributed by atoms with Crippen molar-refractivity contribution in [2.75, 3.05) is 0 Å². The lowest BCUT2D eigenvalue weighted by Gasteiger charge is -2.29. The average molecular weight is 563 g/mol. The summed E-state index contributed by atoms with van der Waals surface area (Å²) < 4.78 is 32.7. The van der Waals surface area contributed by atoms with Gasteiger partial charge in [-0.2, -0.15) is 0 Å². The molecule has 6 rings (SSSR count). The van der Waals surface area contributed by atoms with Gasteiger partial charge < -0.3 is 19.1 Å². The average Bonchev–Trinajstić information content (AvgIpc) is 2.98. The molecule has 0 amide bonds. The second-order valence-corrected chi connectivity index (χ2v) is 12.8. The van der Waals surface area contributed by atoms with Crippen LogP contribution in [0.2, 0.25) is 0 Å². The molecule has 5 aromatic carbocycles. The van der Waals surface area contributed by atoms with Gasteiger partial charge in [0.25, 0.3) is 0 Å². The standard InChI is InChI=1S/C35H31O5P/c1-24(2)21-25-11-15-27(16-12-25)39-28-17-13-26(14-18-28)23-38-29-19-20-32(36)35(22-29)41(37)34-10-6-4-8-31(34)30-7-3-5-9-33(30)40-41/h3-20,22,24,36H,21,23H2,1-2H3. The summed E-state index contributed by atoms with van der Waals surface area (Å²) in [5.41, 5.74) is 3.94. The third-order valence-electron chi connectivity index (χ3n) is 7.02. The summed E-state index contributed by atoms with van der Waals surface area (Å²) in [5.74, 6) is 3.05. The van der Waals surface area contributed by atoms with Crippen molar-refractivity contribution in [2.45, 2.75) is 26.9 Å². The van der Waals surface area contributed by atoms with Crippen molar-refractivity contribution in [1.29, 1.82) is 0 Å². The van der Waals surface area contributed by atoms with E-state index in [9.17, 15) is 9.67 Å². The molecule has 0 aromatic heterocycles. The van der Waals surface area contributed by atoms with Gasteiger partial charge >= 0.3 is 7.37 Å². The Morgan fingerprint density at radius 1 is 0.707 bits per heavy atom. The molecule has 5 aromatic rings. The molecule has 0 spiro atoms. The SMILES string of the molecule is CC(C)Cc1ccc(Oc2ccc(COc3ccc(O)c(P4(=O)Oc5ccccc5-c5ccccc54)c3)cc2)cc1. The molecule has 0 aliphatic carbocycles. The van der Waals surface area contributed by atoms with Gasteiger partial charge in [-0.05, 0) is 83.6 Å². The zero-order valence-electron chi connectivity index (χ0n) is 23.0. The van der Waals surface area contributed by atoms with E-state index in [4.69, 9.17) is 14.0 Å². The van der Waals surface area contributed by atoms with Gasteiger partial charge in [-0.1, -0.05) is 74.5 Å². The predicted octanol–water partition coefficient (Wildman–Crippen LogP) is 8.25. The Morgan fingerprint density at radius 3 is 2.02 bits per heavy atom. The molecule has 41 heavy (non-hydrogen) atoms. The van der Waals surface area contributed by atoms with Crippen molar-refractivity contribution in [3.8, 4) is 39.9 Å². The van der Waals surface area contributed by atoms with Gasteiger partial charge in [-0.15, -0.1) is 0 Å². The first-order valence-electron chi connectivity index (χ1n) is 13.7. The van der Waals surface area contributed by atoms with E-state index in [1.165, 1.54) is 11.6 Å². The summed E-state index contributed by atoms with van der Waals surface area (Å²) in [7, 11) is -3.65. The van der Waals surface area contributed by atoms with Gasteiger partial charge in [0.15, 0.2) is 0 Å². The van der Waals surface area contributed by atoms with Crippen LogP contribution >= 0.6 is 7.37 Å². The monoisotopic (exact) mass is 562 g/mol. The maximum absolute atomic E-state index is 14.5. The Labute approximate surface area is 240 Å². The first kappa shape index (κ1) is 26.7. The highest BCUT2D eigenvalue weighted by atomic mass is 31.2.